The van der Waals surface area contributed by atoms with Crippen molar-refractivity contribution >= 4 is 12.1 Å². The molecule has 3 rings (SSSR count). The second-order valence-electron chi connectivity index (χ2n) is 6.68. The monoisotopic (exact) mass is 422 g/mol. The molecule has 31 heavy (non-hydrogen) atoms. The van der Waals surface area contributed by atoms with Gasteiger partial charge in [-0.25, -0.2) is 5.43 Å². The molecule has 0 unspecified atom stereocenters. The number of nitrogens with one attached hydrogen (secondary N) is 2. The number of H-pyrrole nitrogens is 1. The number of rotatable bonds is 10. The Morgan fingerprint density at radius 3 is 2.68 bits per heavy atom. The third-order valence-electron chi connectivity index (χ3n) is 4.53. The van der Waals surface area contributed by atoms with E-state index in [0.717, 1.165) is 29.7 Å². The number of nitrogens with zero attached hydrogens (tertiary/aromatic N) is 2. The van der Waals surface area contributed by atoms with Crippen molar-refractivity contribution in [1.29, 1.82) is 0 Å². The highest BCUT2D eigenvalue weighted by molar-refractivity contribution is 5.94. The summed E-state index contributed by atoms with van der Waals surface area (Å²) in [6.07, 6.45) is 3.55. The molecule has 8 nitrogen and oxygen atoms in total. The molecule has 162 valence electrons. The van der Waals surface area contributed by atoms with E-state index in [1.165, 1.54) is 6.21 Å². The summed E-state index contributed by atoms with van der Waals surface area (Å²) >= 11 is 0. The van der Waals surface area contributed by atoms with Crippen molar-refractivity contribution in [2.75, 3.05) is 20.8 Å². The van der Waals surface area contributed by atoms with Crippen LogP contribution in [0.25, 0.3) is 11.3 Å². The van der Waals surface area contributed by atoms with Crippen molar-refractivity contribution in [3.05, 3.63) is 59.8 Å². The van der Waals surface area contributed by atoms with Crippen molar-refractivity contribution in [3.63, 3.8) is 0 Å². The number of carbonyl (C=O) groups excluding carboxylic acids is 1. The summed E-state index contributed by atoms with van der Waals surface area (Å²) in [7, 11) is 3.13. The van der Waals surface area contributed by atoms with Crippen LogP contribution >= 0.6 is 0 Å². The van der Waals surface area contributed by atoms with Gasteiger partial charge in [0.25, 0.3) is 5.91 Å². The Morgan fingerprint density at radius 1 is 1.10 bits per heavy atom. The number of hydrazone groups is 1. The standard InChI is InChI=1S/C23H26N4O4/c1-4-5-12-31-20-9-7-6-8-17(20)18-14-19(26-25-18)23(28)27-24-15-16-10-11-21(29-2)22(13-16)30-3/h6-11,13-15H,4-5,12H2,1-3H3,(H,25,26)(H,27,28)/b24-15-. The second kappa shape index (κ2) is 10.8. The number of hydrogen-bond acceptors (Lipinski definition) is 6. The SMILES string of the molecule is CCCCOc1ccccc1-c1cc(C(=O)N/N=C\c2ccc(OC)c(OC)c2)[nH]n1. The minimum atomic E-state index is -0.403. The molecule has 0 saturated heterocycles. The minimum absolute atomic E-state index is 0.294. The maximum atomic E-state index is 12.4. The quantitative estimate of drug-likeness (QED) is 0.292. The van der Waals surface area contributed by atoms with Crippen LogP contribution in [-0.2, 0) is 0 Å². The summed E-state index contributed by atoms with van der Waals surface area (Å²) in [6.45, 7) is 2.75. The van der Waals surface area contributed by atoms with Crippen LogP contribution in [0.5, 0.6) is 17.2 Å². The molecule has 8 heteroatoms. The number of methoxy groups -OCH3 is 2. The lowest BCUT2D eigenvalue weighted by Crippen LogP contribution is -2.18. The highest BCUT2D eigenvalue weighted by Gasteiger charge is 2.13. The highest BCUT2D eigenvalue weighted by atomic mass is 16.5. The van der Waals surface area contributed by atoms with Gasteiger partial charge in [-0.1, -0.05) is 25.5 Å². The van der Waals surface area contributed by atoms with Gasteiger partial charge in [0.2, 0.25) is 0 Å². The zero-order chi connectivity index (χ0) is 22.1. The van der Waals surface area contributed by atoms with Crippen LogP contribution in [0.4, 0.5) is 0 Å². The van der Waals surface area contributed by atoms with E-state index in [-0.39, 0.29) is 0 Å². The van der Waals surface area contributed by atoms with Gasteiger partial charge >= 0.3 is 0 Å². The fourth-order valence-electron chi connectivity index (χ4n) is 2.87. The lowest BCUT2D eigenvalue weighted by atomic mass is 10.1. The third-order valence-corrected chi connectivity index (χ3v) is 4.53. The maximum Gasteiger partial charge on any atom is 0.289 e. The molecule has 0 atom stereocenters. The number of aromatic nitrogens is 2. The van der Waals surface area contributed by atoms with E-state index < -0.39 is 5.91 Å². The van der Waals surface area contributed by atoms with Gasteiger partial charge in [0.1, 0.15) is 11.4 Å². The minimum Gasteiger partial charge on any atom is -0.493 e. The maximum absolute atomic E-state index is 12.4. The van der Waals surface area contributed by atoms with Crippen LogP contribution in [0.3, 0.4) is 0 Å². The zero-order valence-corrected chi connectivity index (χ0v) is 17.8. The molecule has 0 bridgehead atoms. The van der Waals surface area contributed by atoms with E-state index in [1.807, 2.05) is 24.3 Å². The molecule has 0 saturated carbocycles. The van der Waals surface area contributed by atoms with Gasteiger partial charge in [0.05, 0.1) is 32.7 Å². The molecule has 0 aliphatic heterocycles. The smallest absolute Gasteiger partial charge is 0.289 e. The summed E-state index contributed by atoms with van der Waals surface area (Å²) in [4.78, 5) is 12.4. The first kappa shape index (κ1) is 21.9. The second-order valence-corrected chi connectivity index (χ2v) is 6.68. The van der Waals surface area contributed by atoms with Crippen LogP contribution < -0.4 is 19.6 Å². The number of carbonyl (C=O) groups is 1. The molecule has 1 heterocycles. The molecule has 1 aromatic heterocycles. The predicted molar refractivity (Wildman–Crippen MR) is 119 cm³/mol. The first-order valence-electron chi connectivity index (χ1n) is 9.99. The number of aromatic amines is 1. The van der Waals surface area contributed by atoms with Crippen LogP contribution in [0, 0.1) is 0 Å². The van der Waals surface area contributed by atoms with Gasteiger partial charge in [0, 0.05) is 5.56 Å². The Labute approximate surface area is 181 Å². The van der Waals surface area contributed by atoms with Gasteiger partial charge in [-0.05, 0) is 48.4 Å². The van der Waals surface area contributed by atoms with E-state index >= 15 is 0 Å². The van der Waals surface area contributed by atoms with Gasteiger partial charge in [-0.3, -0.25) is 9.89 Å². The molecule has 2 aromatic carbocycles. The fourth-order valence-corrected chi connectivity index (χ4v) is 2.87. The molecular weight excluding hydrogens is 396 g/mol. The van der Waals surface area contributed by atoms with E-state index in [4.69, 9.17) is 14.2 Å². The average molecular weight is 422 g/mol. The Morgan fingerprint density at radius 2 is 1.90 bits per heavy atom. The van der Waals surface area contributed by atoms with Crippen molar-refractivity contribution in [1.82, 2.24) is 15.6 Å². The van der Waals surface area contributed by atoms with E-state index in [9.17, 15) is 4.79 Å². The Balaban J connectivity index is 1.67. The molecule has 0 radical (unpaired) electrons. The normalized spacial score (nSPS) is 10.8. The van der Waals surface area contributed by atoms with Gasteiger partial charge in [0.15, 0.2) is 11.5 Å². The van der Waals surface area contributed by atoms with Gasteiger partial charge in [-0.15, -0.1) is 0 Å². The van der Waals surface area contributed by atoms with Crippen LogP contribution in [0.2, 0.25) is 0 Å². The molecule has 0 aliphatic carbocycles. The summed E-state index contributed by atoms with van der Waals surface area (Å²) in [5.74, 6) is 1.53. The number of para-hydroxylation sites is 1. The summed E-state index contributed by atoms with van der Waals surface area (Å²) in [5, 5.41) is 11.0. The molecule has 0 fully saturated rings. The molecular formula is C23H26N4O4. The molecule has 0 spiro atoms. The Kier molecular flexibility index (Phi) is 7.64. The summed E-state index contributed by atoms with van der Waals surface area (Å²) < 4.78 is 16.3. The lowest BCUT2D eigenvalue weighted by molar-refractivity contribution is 0.0950. The van der Waals surface area contributed by atoms with E-state index in [2.05, 4.69) is 27.6 Å². The van der Waals surface area contributed by atoms with Crippen molar-refractivity contribution in [2.45, 2.75) is 19.8 Å². The van der Waals surface area contributed by atoms with Crippen molar-refractivity contribution < 1.29 is 19.0 Å². The molecule has 3 aromatic rings. The van der Waals surface area contributed by atoms with Crippen molar-refractivity contribution in [3.8, 4) is 28.5 Å². The molecule has 2 N–H and O–H groups in total. The number of ether oxygens (including phenoxy) is 3. The Bertz CT molecular complexity index is 1050. The molecule has 1 amide bonds. The Hall–Kier alpha value is -3.81. The first-order chi connectivity index (χ1) is 15.2. The topological polar surface area (TPSA) is 97.8 Å². The summed E-state index contributed by atoms with van der Waals surface area (Å²) in [6, 6.07) is 14.6. The number of unbranched alkanes of at least 4 members (excludes halogenated alkanes) is 1. The zero-order valence-electron chi connectivity index (χ0n) is 17.8. The molecule has 0 aliphatic rings. The largest absolute Gasteiger partial charge is 0.493 e. The predicted octanol–water partition coefficient (Wildman–Crippen LogP) is 4.04. The van der Waals surface area contributed by atoms with Crippen LogP contribution in [-0.4, -0.2) is 43.1 Å². The van der Waals surface area contributed by atoms with Gasteiger partial charge in [-0.2, -0.15) is 10.2 Å². The summed E-state index contributed by atoms with van der Waals surface area (Å²) in [5.41, 5.74) is 4.98. The number of benzene rings is 2. The van der Waals surface area contributed by atoms with Gasteiger partial charge < -0.3 is 14.2 Å². The third kappa shape index (κ3) is 5.63. The van der Waals surface area contributed by atoms with E-state index in [0.29, 0.717) is 29.5 Å². The number of hydrogen-bond donors (Lipinski definition) is 2. The lowest BCUT2D eigenvalue weighted by Gasteiger charge is -2.09. The fraction of sp³-hybridized carbons (Fsp3) is 0.261. The average Bonchev–Trinajstić information content (AvgIpc) is 3.29. The van der Waals surface area contributed by atoms with E-state index in [1.54, 1.807) is 38.5 Å². The highest BCUT2D eigenvalue weighted by Crippen LogP contribution is 2.29. The number of amides is 1. The van der Waals surface area contributed by atoms with Crippen LogP contribution in [0.1, 0.15) is 35.8 Å². The first-order valence-corrected chi connectivity index (χ1v) is 9.99. The van der Waals surface area contributed by atoms with Crippen molar-refractivity contribution in [2.24, 2.45) is 5.10 Å². The van der Waals surface area contributed by atoms with Crippen LogP contribution in [0.15, 0.2) is 53.6 Å².